The number of carboxylic acid groups (broad SMARTS) is 1. The number of hydrogen-bond donors (Lipinski definition) is 2. The summed E-state index contributed by atoms with van der Waals surface area (Å²) in [6.45, 7) is 1.48. The lowest BCUT2D eigenvalue weighted by atomic mass is 10.0. The Morgan fingerprint density at radius 1 is 1.56 bits per heavy atom. The Bertz CT molecular complexity index is 403. The highest BCUT2D eigenvalue weighted by atomic mass is 19.1. The maximum atomic E-state index is 13.5. The number of aromatic hydroxyl groups is 1. The second-order valence-corrected chi connectivity index (χ2v) is 3.56. The van der Waals surface area contributed by atoms with Crippen LogP contribution >= 0.6 is 0 Å². The van der Waals surface area contributed by atoms with Gasteiger partial charge in [0.15, 0.2) is 11.5 Å². The van der Waals surface area contributed by atoms with Crippen molar-refractivity contribution in [3.05, 3.63) is 23.5 Å². The summed E-state index contributed by atoms with van der Waals surface area (Å²) in [5.74, 6) is -2.46. The molecule has 1 aromatic carbocycles. The topological polar surface area (TPSA) is 66.8 Å². The minimum atomic E-state index is -1.00. The summed E-state index contributed by atoms with van der Waals surface area (Å²) >= 11 is 0. The molecule has 0 saturated carbocycles. The largest absolute Gasteiger partial charge is 0.504 e. The van der Waals surface area contributed by atoms with Crippen molar-refractivity contribution in [1.82, 2.24) is 0 Å². The van der Waals surface area contributed by atoms with Crippen molar-refractivity contribution >= 4 is 5.97 Å². The first kappa shape index (κ1) is 12.3. The minimum absolute atomic E-state index is 0.0265. The fraction of sp³-hybridized carbons (Fsp3) is 0.364. The van der Waals surface area contributed by atoms with Gasteiger partial charge in [-0.3, -0.25) is 4.79 Å². The average molecular weight is 228 g/mol. The van der Waals surface area contributed by atoms with E-state index in [0.29, 0.717) is 0 Å². The van der Waals surface area contributed by atoms with Crippen molar-refractivity contribution in [3.8, 4) is 11.5 Å². The molecule has 88 valence electrons. The Morgan fingerprint density at radius 3 is 2.69 bits per heavy atom. The number of carboxylic acids is 1. The van der Waals surface area contributed by atoms with Crippen LogP contribution in [-0.4, -0.2) is 23.3 Å². The van der Waals surface area contributed by atoms with E-state index in [-0.39, 0.29) is 23.5 Å². The van der Waals surface area contributed by atoms with E-state index >= 15 is 0 Å². The smallest absolute Gasteiger partial charge is 0.306 e. The van der Waals surface area contributed by atoms with Gasteiger partial charge in [-0.2, -0.15) is 0 Å². The summed E-state index contributed by atoms with van der Waals surface area (Å²) in [7, 11) is 1.31. The van der Waals surface area contributed by atoms with Crippen molar-refractivity contribution in [1.29, 1.82) is 0 Å². The predicted molar refractivity (Wildman–Crippen MR) is 55.1 cm³/mol. The van der Waals surface area contributed by atoms with Gasteiger partial charge in [-0.25, -0.2) is 4.39 Å². The van der Waals surface area contributed by atoms with E-state index in [4.69, 9.17) is 9.84 Å². The number of benzene rings is 1. The Morgan fingerprint density at radius 2 is 2.19 bits per heavy atom. The molecule has 4 nitrogen and oxygen atoms in total. The maximum absolute atomic E-state index is 13.5. The molecule has 5 heteroatoms. The highest BCUT2D eigenvalue weighted by Gasteiger charge is 2.16. The zero-order valence-electron chi connectivity index (χ0n) is 9.03. The van der Waals surface area contributed by atoms with Crippen molar-refractivity contribution < 1.29 is 24.1 Å². The normalized spacial score (nSPS) is 12.2. The summed E-state index contributed by atoms with van der Waals surface area (Å²) in [6, 6.07) is 2.23. The Hall–Kier alpha value is -1.78. The van der Waals surface area contributed by atoms with Crippen molar-refractivity contribution in [2.24, 2.45) is 5.92 Å². The van der Waals surface area contributed by atoms with E-state index in [1.807, 2.05) is 0 Å². The van der Waals surface area contributed by atoms with Gasteiger partial charge in [0.05, 0.1) is 13.0 Å². The number of methoxy groups -OCH3 is 1. The van der Waals surface area contributed by atoms with Crippen LogP contribution in [-0.2, 0) is 11.2 Å². The molecule has 0 radical (unpaired) electrons. The molecule has 0 saturated heterocycles. The standard InChI is InChI=1S/C11H13FO4/c1-6(11(14)15)3-7-4-9(13)10(16-2)5-8(7)12/h4-6,13H,3H2,1-2H3,(H,14,15). The van der Waals surface area contributed by atoms with Crippen molar-refractivity contribution in [2.75, 3.05) is 7.11 Å². The molecule has 1 atom stereocenters. The molecule has 2 N–H and O–H groups in total. The van der Waals surface area contributed by atoms with Crippen LogP contribution < -0.4 is 4.74 Å². The SMILES string of the molecule is COc1cc(F)c(CC(C)C(=O)O)cc1O. The van der Waals surface area contributed by atoms with Gasteiger partial charge in [-0.15, -0.1) is 0 Å². The van der Waals surface area contributed by atoms with Crippen LogP contribution in [0.25, 0.3) is 0 Å². The maximum Gasteiger partial charge on any atom is 0.306 e. The third kappa shape index (κ3) is 2.62. The number of carbonyl (C=O) groups is 1. The van der Waals surface area contributed by atoms with E-state index < -0.39 is 17.7 Å². The lowest BCUT2D eigenvalue weighted by molar-refractivity contribution is -0.141. The van der Waals surface area contributed by atoms with Gasteiger partial charge >= 0.3 is 5.97 Å². The number of hydrogen-bond acceptors (Lipinski definition) is 3. The molecule has 0 amide bonds. The van der Waals surface area contributed by atoms with Crippen molar-refractivity contribution in [3.63, 3.8) is 0 Å². The van der Waals surface area contributed by atoms with Crippen LogP contribution in [0.5, 0.6) is 11.5 Å². The van der Waals surface area contributed by atoms with Gasteiger partial charge in [0, 0.05) is 6.07 Å². The van der Waals surface area contributed by atoms with Gasteiger partial charge in [0.25, 0.3) is 0 Å². The highest BCUT2D eigenvalue weighted by molar-refractivity contribution is 5.70. The molecule has 0 aliphatic rings. The Kier molecular flexibility index (Phi) is 3.71. The lowest BCUT2D eigenvalue weighted by Crippen LogP contribution is -2.13. The van der Waals surface area contributed by atoms with E-state index in [9.17, 15) is 14.3 Å². The number of rotatable bonds is 4. The molecule has 0 fully saturated rings. The van der Waals surface area contributed by atoms with Gasteiger partial charge < -0.3 is 14.9 Å². The molecule has 0 aliphatic heterocycles. The summed E-state index contributed by atoms with van der Waals surface area (Å²) in [4.78, 5) is 10.6. The van der Waals surface area contributed by atoms with Crippen molar-refractivity contribution in [2.45, 2.75) is 13.3 Å². The summed E-state index contributed by atoms with van der Waals surface area (Å²) in [5.41, 5.74) is 0.160. The average Bonchev–Trinajstić information content (AvgIpc) is 2.22. The minimum Gasteiger partial charge on any atom is -0.504 e. The lowest BCUT2D eigenvalue weighted by Gasteiger charge is -2.10. The molecule has 0 spiro atoms. The fourth-order valence-electron chi connectivity index (χ4n) is 1.32. The molecule has 0 aliphatic carbocycles. The molecule has 1 rings (SSSR count). The van der Waals surface area contributed by atoms with E-state index in [1.165, 1.54) is 20.1 Å². The summed E-state index contributed by atoms with van der Waals surface area (Å²) in [5, 5.41) is 18.1. The summed E-state index contributed by atoms with van der Waals surface area (Å²) < 4.78 is 18.2. The van der Waals surface area contributed by atoms with E-state index in [2.05, 4.69) is 0 Å². The second-order valence-electron chi connectivity index (χ2n) is 3.56. The molecule has 0 bridgehead atoms. The molecule has 0 aromatic heterocycles. The number of halogens is 1. The van der Waals surface area contributed by atoms with E-state index in [1.54, 1.807) is 0 Å². The van der Waals surface area contributed by atoms with Gasteiger partial charge in [-0.05, 0) is 18.1 Å². The third-order valence-corrected chi connectivity index (χ3v) is 2.30. The molecular weight excluding hydrogens is 215 g/mol. The first-order valence-electron chi connectivity index (χ1n) is 4.74. The predicted octanol–water partition coefficient (Wildman–Crippen LogP) is 1.80. The number of phenols is 1. The number of ether oxygens (including phenoxy) is 1. The van der Waals surface area contributed by atoms with Gasteiger partial charge in [-0.1, -0.05) is 6.92 Å². The van der Waals surface area contributed by atoms with Crippen LogP contribution in [0.2, 0.25) is 0 Å². The summed E-state index contributed by atoms with van der Waals surface area (Å²) in [6.07, 6.45) is 0.0265. The second kappa shape index (κ2) is 4.83. The van der Waals surface area contributed by atoms with Gasteiger partial charge in [0.1, 0.15) is 5.82 Å². The third-order valence-electron chi connectivity index (χ3n) is 2.30. The zero-order chi connectivity index (χ0) is 12.3. The molecule has 1 unspecified atom stereocenters. The molecular formula is C11H13FO4. The van der Waals surface area contributed by atoms with Gasteiger partial charge in [0.2, 0.25) is 0 Å². The quantitative estimate of drug-likeness (QED) is 0.824. The Balaban J connectivity index is 2.98. The van der Waals surface area contributed by atoms with Crippen LogP contribution in [0.4, 0.5) is 4.39 Å². The van der Waals surface area contributed by atoms with Crippen LogP contribution in [0.15, 0.2) is 12.1 Å². The zero-order valence-corrected chi connectivity index (χ0v) is 9.03. The van der Waals surface area contributed by atoms with Crippen LogP contribution in [0.3, 0.4) is 0 Å². The molecule has 0 heterocycles. The molecule has 1 aromatic rings. The monoisotopic (exact) mass is 228 g/mol. The van der Waals surface area contributed by atoms with E-state index in [0.717, 1.165) is 6.07 Å². The van der Waals surface area contributed by atoms with Crippen LogP contribution in [0.1, 0.15) is 12.5 Å². The molecule has 16 heavy (non-hydrogen) atoms. The Labute approximate surface area is 92.3 Å². The van der Waals surface area contributed by atoms with Crippen LogP contribution in [0, 0.1) is 11.7 Å². The number of aliphatic carboxylic acids is 1. The number of phenolic OH excluding ortho intramolecular Hbond substituents is 1. The first-order valence-corrected chi connectivity index (χ1v) is 4.74. The highest BCUT2D eigenvalue weighted by Crippen LogP contribution is 2.29. The fourth-order valence-corrected chi connectivity index (χ4v) is 1.32. The first-order chi connectivity index (χ1) is 7.45.